The Labute approximate surface area is 145 Å². The predicted molar refractivity (Wildman–Crippen MR) is 99.2 cm³/mol. The monoisotopic (exact) mass is 324 g/mol. The summed E-state index contributed by atoms with van der Waals surface area (Å²) in [6.45, 7) is 5.21. The van der Waals surface area contributed by atoms with Gasteiger partial charge in [0, 0.05) is 45.6 Å². The van der Waals surface area contributed by atoms with Crippen molar-refractivity contribution in [3.8, 4) is 0 Å². The van der Waals surface area contributed by atoms with Crippen LogP contribution < -0.4 is 5.32 Å². The fourth-order valence-corrected chi connectivity index (χ4v) is 3.49. The maximum atomic E-state index is 11.4. The molecule has 3 rings (SSSR count). The summed E-state index contributed by atoms with van der Waals surface area (Å²) < 4.78 is 0. The van der Waals surface area contributed by atoms with Crippen molar-refractivity contribution in [2.75, 3.05) is 32.7 Å². The van der Waals surface area contributed by atoms with Crippen molar-refractivity contribution in [3.05, 3.63) is 71.8 Å². The van der Waals surface area contributed by atoms with Gasteiger partial charge in [-0.1, -0.05) is 60.7 Å². The van der Waals surface area contributed by atoms with E-state index in [1.165, 1.54) is 11.1 Å². The lowest BCUT2D eigenvalue weighted by Crippen LogP contribution is -2.46. The van der Waals surface area contributed by atoms with Crippen molar-refractivity contribution in [2.45, 2.75) is 24.9 Å². The number of benzene rings is 2. The zero-order valence-corrected chi connectivity index (χ0v) is 14.3. The van der Waals surface area contributed by atoms with Crippen LogP contribution in [-0.2, 0) is 12.8 Å². The largest absolute Gasteiger partial charge is 0.389 e. The molecule has 0 bridgehead atoms. The van der Waals surface area contributed by atoms with Gasteiger partial charge >= 0.3 is 0 Å². The lowest BCUT2D eigenvalue weighted by atomic mass is 9.85. The normalized spacial score (nSPS) is 16.2. The molecule has 1 fully saturated rings. The summed E-state index contributed by atoms with van der Waals surface area (Å²) >= 11 is 0. The van der Waals surface area contributed by atoms with E-state index in [1.54, 1.807) is 0 Å². The van der Waals surface area contributed by atoms with E-state index >= 15 is 0 Å². The van der Waals surface area contributed by atoms with Crippen molar-refractivity contribution in [2.24, 2.45) is 0 Å². The molecule has 0 aromatic heterocycles. The number of hydrogen-bond acceptors (Lipinski definition) is 3. The molecule has 128 valence electrons. The molecule has 1 aliphatic rings. The SMILES string of the molecule is OC(CCN1CCNCC1)(Cc1ccccc1)Cc1ccccc1. The Balaban J connectivity index is 1.69. The second kappa shape index (κ2) is 8.43. The van der Waals surface area contributed by atoms with E-state index in [-0.39, 0.29) is 0 Å². The van der Waals surface area contributed by atoms with E-state index in [0.717, 1.165) is 39.1 Å². The van der Waals surface area contributed by atoms with E-state index in [4.69, 9.17) is 0 Å². The Bertz CT molecular complexity index is 552. The summed E-state index contributed by atoms with van der Waals surface area (Å²) in [4.78, 5) is 2.46. The van der Waals surface area contributed by atoms with Gasteiger partial charge in [0.2, 0.25) is 0 Å². The first-order valence-corrected chi connectivity index (χ1v) is 8.97. The maximum absolute atomic E-state index is 11.4. The first-order valence-electron chi connectivity index (χ1n) is 8.97. The summed E-state index contributed by atoms with van der Waals surface area (Å²) in [7, 11) is 0. The highest BCUT2D eigenvalue weighted by Gasteiger charge is 2.28. The van der Waals surface area contributed by atoms with Crippen molar-refractivity contribution in [1.29, 1.82) is 0 Å². The lowest BCUT2D eigenvalue weighted by Gasteiger charge is -2.33. The van der Waals surface area contributed by atoms with Crippen LogP contribution in [0, 0.1) is 0 Å². The topological polar surface area (TPSA) is 35.5 Å². The van der Waals surface area contributed by atoms with E-state index in [9.17, 15) is 5.11 Å². The summed E-state index contributed by atoms with van der Waals surface area (Å²) in [5.41, 5.74) is 1.71. The summed E-state index contributed by atoms with van der Waals surface area (Å²) in [6, 6.07) is 20.7. The molecular formula is C21H28N2O. The Morgan fingerprint density at radius 1 is 0.833 bits per heavy atom. The van der Waals surface area contributed by atoms with E-state index in [2.05, 4.69) is 58.7 Å². The van der Waals surface area contributed by atoms with Crippen molar-refractivity contribution in [3.63, 3.8) is 0 Å². The molecule has 2 N–H and O–H groups in total. The van der Waals surface area contributed by atoms with Gasteiger partial charge in [0.15, 0.2) is 0 Å². The molecule has 0 saturated carbocycles. The van der Waals surface area contributed by atoms with Crippen molar-refractivity contribution < 1.29 is 5.11 Å². The van der Waals surface area contributed by atoms with Gasteiger partial charge in [-0.15, -0.1) is 0 Å². The molecule has 0 spiro atoms. The van der Waals surface area contributed by atoms with Gasteiger partial charge in [0.25, 0.3) is 0 Å². The molecule has 0 aliphatic carbocycles. The van der Waals surface area contributed by atoms with Crippen molar-refractivity contribution >= 4 is 0 Å². The number of nitrogens with one attached hydrogen (secondary N) is 1. The highest BCUT2D eigenvalue weighted by Crippen LogP contribution is 2.23. The average molecular weight is 324 g/mol. The van der Waals surface area contributed by atoms with Crippen LogP contribution >= 0.6 is 0 Å². The Kier molecular flexibility index (Phi) is 6.02. The van der Waals surface area contributed by atoms with Crippen LogP contribution in [0.25, 0.3) is 0 Å². The highest BCUT2D eigenvalue weighted by molar-refractivity contribution is 5.21. The van der Waals surface area contributed by atoms with E-state index < -0.39 is 5.60 Å². The average Bonchev–Trinajstić information content (AvgIpc) is 2.63. The number of aliphatic hydroxyl groups is 1. The van der Waals surface area contributed by atoms with Crippen LogP contribution in [0.1, 0.15) is 17.5 Å². The second-order valence-corrected chi connectivity index (χ2v) is 6.89. The molecule has 1 aliphatic heterocycles. The van der Waals surface area contributed by atoms with Gasteiger partial charge in [-0.05, 0) is 17.5 Å². The third-order valence-electron chi connectivity index (χ3n) is 4.86. The van der Waals surface area contributed by atoms with Gasteiger partial charge in [-0.2, -0.15) is 0 Å². The molecule has 0 unspecified atom stereocenters. The molecule has 3 nitrogen and oxygen atoms in total. The van der Waals surface area contributed by atoms with Crippen LogP contribution in [0.15, 0.2) is 60.7 Å². The number of piperazine rings is 1. The molecule has 2 aromatic rings. The molecule has 0 radical (unpaired) electrons. The fourth-order valence-electron chi connectivity index (χ4n) is 3.49. The van der Waals surface area contributed by atoms with Crippen LogP contribution in [0.5, 0.6) is 0 Å². The van der Waals surface area contributed by atoms with Gasteiger partial charge < -0.3 is 15.3 Å². The van der Waals surface area contributed by atoms with E-state index in [0.29, 0.717) is 12.8 Å². The molecule has 1 heterocycles. The third kappa shape index (κ3) is 5.17. The quantitative estimate of drug-likeness (QED) is 0.821. The minimum atomic E-state index is -0.701. The first-order chi connectivity index (χ1) is 11.7. The predicted octanol–water partition coefficient (Wildman–Crippen LogP) is 2.50. The first kappa shape index (κ1) is 17.2. The minimum Gasteiger partial charge on any atom is -0.389 e. The van der Waals surface area contributed by atoms with Gasteiger partial charge in [0.05, 0.1) is 5.60 Å². The smallest absolute Gasteiger partial charge is 0.0740 e. The highest BCUT2D eigenvalue weighted by atomic mass is 16.3. The Morgan fingerprint density at radius 2 is 1.33 bits per heavy atom. The summed E-state index contributed by atoms with van der Waals surface area (Å²) in [5.74, 6) is 0. The molecule has 3 heteroatoms. The zero-order chi connectivity index (χ0) is 16.7. The maximum Gasteiger partial charge on any atom is 0.0740 e. The number of hydrogen-bond donors (Lipinski definition) is 2. The second-order valence-electron chi connectivity index (χ2n) is 6.89. The molecular weight excluding hydrogens is 296 g/mol. The van der Waals surface area contributed by atoms with Crippen LogP contribution in [0.4, 0.5) is 0 Å². The summed E-state index contributed by atoms with van der Waals surface area (Å²) in [6.07, 6.45) is 2.21. The molecule has 0 atom stereocenters. The van der Waals surface area contributed by atoms with Crippen molar-refractivity contribution in [1.82, 2.24) is 10.2 Å². The molecule has 24 heavy (non-hydrogen) atoms. The van der Waals surface area contributed by atoms with Crippen LogP contribution in [-0.4, -0.2) is 48.3 Å². The third-order valence-corrected chi connectivity index (χ3v) is 4.86. The van der Waals surface area contributed by atoms with Crippen LogP contribution in [0.2, 0.25) is 0 Å². The van der Waals surface area contributed by atoms with Gasteiger partial charge in [-0.3, -0.25) is 0 Å². The zero-order valence-electron chi connectivity index (χ0n) is 14.3. The Morgan fingerprint density at radius 3 is 1.83 bits per heavy atom. The van der Waals surface area contributed by atoms with Crippen LogP contribution in [0.3, 0.4) is 0 Å². The molecule has 0 amide bonds. The van der Waals surface area contributed by atoms with E-state index in [1.807, 2.05) is 12.1 Å². The number of rotatable bonds is 7. The standard InChI is InChI=1S/C21H28N2O/c24-21(17-19-7-3-1-4-8-19,18-20-9-5-2-6-10-20)11-14-23-15-12-22-13-16-23/h1-10,22,24H,11-18H2. The van der Waals surface area contributed by atoms with Gasteiger partial charge in [-0.25, -0.2) is 0 Å². The molecule has 2 aromatic carbocycles. The summed E-state index contributed by atoms with van der Waals surface area (Å²) in [5, 5.41) is 14.8. The lowest BCUT2D eigenvalue weighted by molar-refractivity contribution is 0.0205. The number of nitrogens with zero attached hydrogens (tertiary/aromatic N) is 1. The van der Waals surface area contributed by atoms with Gasteiger partial charge in [0.1, 0.15) is 0 Å². The minimum absolute atomic E-state index is 0.701. The molecule has 1 saturated heterocycles. The fraction of sp³-hybridized carbons (Fsp3) is 0.429. The Hall–Kier alpha value is -1.68.